The number of rotatable bonds is 5. The first-order chi connectivity index (χ1) is 8.76. The van der Waals surface area contributed by atoms with Crippen molar-refractivity contribution >= 4 is 21.8 Å². The van der Waals surface area contributed by atoms with E-state index in [4.69, 9.17) is 4.42 Å². The quantitative estimate of drug-likeness (QED) is 0.778. The molecule has 0 aliphatic heterocycles. The zero-order valence-electron chi connectivity index (χ0n) is 10.8. The Bertz CT molecular complexity index is 396. The Balaban J connectivity index is 2.11. The Kier molecular flexibility index (Phi) is 4.87. The predicted molar refractivity (Wildman–Crippen MR) is 75.2 cm³/mol. The predicted octanol–water partition coefficient (Wildman–Crippen LogP) is 3.62. The molecule has 0 spiro atoms. The summed E-state index contributed by atoms with van der Waals surface area (Å²) in [7, 11) is 0. The van der Waals surface area contributed by atoms with Gasteiger partial charge in [-0.2, -0.15) is 0 Å². The smallest absolute Gasteiger partial charge is 0.289 e. The molecule has 0 aromatic carbocycles. The van der Waals surface area contributed by atoms with Gasteiger partial charge in [-0.25, -0.2) is 0 Å². The van der Waals surface area contributed by atoms with Gasteiger partial charge in [0.2, 0.25) is 0 Å². The summed E-state index contributed by atoms with van der Waals surface area (Å²) in [5.74, 6) is 1.41. The van der Waals surface area contributed by atoms with Gasteiger partial charge in [-0.3, -0.25) is 4.79 Å². The van der Waals surface area contributed by atoms with Gasteiger partial charge in [-0.05, 0) is 25.0 Å². The maximum atomic E-state index is 12.5. The lowest BCUT2D eigenvalue weighted by Crippen LogP contribution is -2.40. The fraction of sp³-hybridized carbons (Fsp3) is 0.643. The highest BCUT2D eigenvalue weighted by Gasteiger charge is 2.28. The van der Waals surface area contributed by atoms with Gasteiger partial charge in [-0.1, -0.05) is 35.7 Å². The minimum atomic E-state index is 0.0426. The summed E-state index contributed by atoms with van der Waals surface area (Å²) in [5, 5.41) is 0.816. The first-order valence-corrected chi connectivity index (χ1v) is 7.84. The molecule has 1 aromatic heterocycles. The Morgan fingerprint density at radius 2 is 2.17 bits per heavy atom. The highest BCUT2D eigenvalue weighted by molar-refractivity contribution is 9.09. The molecule has 1 fully saturated rings. The van der Waals surface area contributed by atoms with Crippen molar-refractivity contribution < 1.29 is 9.21 Å². The molecule has 0 atom stereocenters. The number of hydrogen-bond acceptors (Lipinski definition) is 2. The maximum absolute atomic E-state index is 12.5. The molecule has 1 aromatic rings. The number of halogens is 1. The van der Waals surface area contributed by atoms with E-state index in [-0.39, 0.29) is 5.91 Å². The third kappa shape index (κ3) is 2.97. The molecule has 3 nitrogen and oxygen atoms in total. The van der Waals surface area contributed by atoms with Gasteiger partial charge >= 0.3 is 0 Å². The number of carbonyl (C=O) groups excluding carboxylic acids is 1. The molecule has 18 heavy (non-hydrogen) atoms. The first kappa shape index (κ1) is 13.7. The van der Waals surface area contributed by atoms with E-state index in [1.807, 2.05) is 17.9 Å². The standard InChI is InChI=1S/C14H20BrNO2/c1-2-12-7-8-13(18-12)14(17)16(10-9-15)11-5-3-4-6-11/h7-8,11H,2-6,9-10H2,1H3. The van der Waals surface area contributed by atoms with E-state index in [1.54, 1.807) is 6.07 Å². The Morgan fingerprint density at radius 3 is 2.72 bits per heavy atom. The van der Waals surface area contributed by atoms with Gasteiger partial charge in [0, 0.05) is 24.3 Å². The molecule has 0 bridgehead atoms. The van der Waals surface area contributed by atoms with Crippen molar-refractivity contribution in [3.8, 4) is 0 Å². The third-order valence-corrected chi connectivity index (χ3v) is 3.93. The van der Waals surface area contributed by atoms with Crippen molar-refractivity contribution in [3.05, 3.63) is 23.7 Å². The van der Waals surface area contributed by atoms with Crippen LogP contribution in [-0.2, 0) is 6.42 Å². The molecule has 1 aliphatic rings. The van der Waals surface area contributed by atoms with Crippen LogP contribution in [-0.4, -0.2) is 28.7 Å². The van der Waals surface area contributed by atoms with E-state index in [0.717, 1.165) is 36.9 Å². The Labute approximate surface area is 117 Å². The average Bonchev–Trinajstić information content (AvgIpc) is 3.05. The van der Waals surface area contributed by atoms with Crippen molar-refractivity contribution in [3.63, 3.8) is 0 Å². The van der Waals surface area contributed by atoms with Gasteiger partial charge in [-0.15, -0.1) is 0 Å². The number of aryl methyl sites for hydroxylation is 1. The van der Waals surface area contributed by atoms with Crippen LogP contribution in [0.15, 0.2) is 16.5 Å². The highest BCUT2D eigenvalue weighted by atomic mass is 79.9. The fourth-order valence-corrected chi connectivity index (χ4v) is 2.96. The highest BCUT2D eigenvalue weighted by Crippen LogP contribution is 2.25. The summed E-state index contributed by atoms with van der Waals surface area (Å²) in [6.07, 6.45) is 5.54. The van der Waals surface area contributed by atoms with Gasteiger partial charge in [0.15, 0.2) is 5.76 Å². The zero-order valence-corrected chi connectivity index (χ0v) is 12.4. The van der Waals surface area contributed by atoms with Gasteiger partial charge in [0.25, 0.3) is 5.91 Å². The molecule has 1 saturated carbocycles. The van der Waals surface area contributed by atoms with Gasteiger partial charge < -0.3 is 9.32 Å². The molecule has 0 N–H and O–H groups in total. The monoisotopic (exact) mass is 313 g/mol. The van der Waals surface area contributed by atoms with Gasteiger partial charge in [0.05, 0.1) is 0 Å². The van der Waals surface area contributed by atoms with Crippen molar-refractivity contribution in [2.45, 2.75) is 45.1 Å². The minimum absolute atomic E-state index is 0.0426. The summed E-state index contributed by atoms with van der Waals surface area (Å²) < 4.78 is 5.57. The summed E-state index contributed by atoms with van der Waals surface area (Å²) in [4.78, 5) is 14.4. The summed E-state index contributed by atoms with van der Waals surface area (Å²) >= 11 is 3.43. The molecule has 4 heteroatoms. The van der Waals surface area contributed by atoms with Crippen LogP contribution in [0.2, 0.25) is 0 Å². The molecular formula is C14H20BrNO2. The van der Waals surface area contributed by atoms with Crippen LogP contribution in [0.5, 0.6) is 0 Å². The summed E-state index contributed by atoms with van der Waals surface area (Å²) in [6.45, 7) is 2.78. The van der Waals surface area contributed by atoms with Crippen molar-refractivity contribution in [1.82, 2.24) is 4.90 Å². The SMILES string of the molecule is CCc1ccc(C(=O)N(CCBr)C2CCCC2)o1. The molecule has 0 unspecified atom stereocenters. The molecule has 1 heterocycles. The van der Waals surface area contributed by atoms with E-state index >= 15 is 0 Å². The average molecular weight is 314 g/mol. The molecule has 2 rings (SSSR count). The topological polar surface area (TPSA) is 33.5 Å². The van der Waals surface area contributed by atoms with Crippen molar-refractivity contribution in [2.75, 3.05) is 11.9 Å². The minimum Gasteiger partial charge on any atom is -0.456 e. The van der Waals surface area contributed by atoms with Crippen molar-refractivity contribution in [1.29, 1.82) is 0 Å². The zero-order chi connectivity index (χ0) is 13.0. The van der Waals surface area contributed by atoms with Crippen LogP contribution in [0, 0.1) is 0 Å². The largest absolute Gasteiger partial charge is 0.456 e. The number of furan rings is 1. The molecule has 100 valence electrons. The van der Waals surface area contributed by atoms with Crippen LogP contribution in [0.4, 0.5) is 0 Å². The van der Waals surface area contributed by atoms with Gasteiger partial charge in [0.1, 0.15) is 5.76 Å². The number of hydrogen-bond donors (Lipinski definition) is 0. The Hall–Kier alpha value is -0.770. The number of alkyl halides is 1. The second-order valence-corrected chi connectivity index (χ2v) is 5.54. The summed E-state index contributed by atoms with van der Waals surface area (Å²) in [5.41, 5.74) is 0. The third-order valence-electron chi connectivity index (χ3n) is 3.57. The van der Waals surface area contributed by atoms with Crippen LogP contribution in [0.1, 0.15) is 48.9 Å². The lowest BCUT2D eigenvalue weighted by Gasteiger charge is -2.27. The number of amides is 1. The second-order valence-electron chi connectivity index (χ2n) is 4.75. The lowest BCUT2D eigenvalue weighted by atomic mass is 10.2. The van der Waals surface area contributed by atoms with E-state index in [9.17, 15) is 4.79 Å². The molecular weight excluding hydrogens is 294 g/mol. The van der Waals surface area contributed by atoms with Crippen LogP contribution in [0.3, 0.4) is 0 Å². The Morgan fingerprint density at radius 1 is 1.44 bits per heavy atom. The molecule has 1 amide bonds. The first-order valence-electron chi connectivity index (χ1n) is 6.72. The van der Waals surface area contributed by atoms with E-state index in [2.05, 4.69) is 15.9 Å². The fourth-order valence-electron chi connectivity index (χ4n) is 2.58. The van der Waals surface area contributed by atoms with Crippen molar-refractivity contribution in [2.24, 2.45) is 0 Å². The van der Waals surface area contributed by atoms with Crippen LogP contribution in [0.25, 0.3) is 0 Å². The van der Waals surface area contributed by atoms with E-state index < -0.39 is 0 Å². The van der Waals surface area contributed by atoms with Crippen LogP contribution < -0.4 is 0 Å². The summed E-state index contributed by atoms with van der Waals surface area (Å²) in [6, 6.07) is 4.09. The van der Waals surface area contributed by atoms with E-state index in [1.165, 1.54) is 12.8 Å². The lowest BCUT2D eigenvalue weighted by molar-refractivity contribution is 0.0662. The second kappa shape index (κ2) is 6.41. The maximum Gasteiger partial charge on any atom is 0.289 e. The normalized spacial score (nSPS) is 16.1. The van der Waals surface area contributed by atoms with Crippen LogP contribution >= 0.6 is 15.9 Å². The number of nitrogens with zero attached hydrogens (tertiary/aromatic N) is 1. The number of carbonyl (C=O) groups is 1. The molecule has 1 aliphatic carbocycles. The molecule has 0 radical (unpaired) electrons. The van der Waals surface area contributed by atoms with E-state index in [0.29, 0.717) is 11.8 Å². The molecule has 0 saturated heterocycles.